The number of likely N-dealkylation sites (tertiary alicyclic amines) is 1. The summed E-state index contributed by atoms with van der Waals surface area (Å²) in [4.78, 5) is 34.3. The number of hydrogen-bond donors (Lipinski definition) is 0. The van der Waals surface area contributed by atoms with Gasteiger partial charge in [0, 0.05) is 31.2 Å². The molecule has 6 heteroatoms. The van der Waals surface area contributed by atoms with Gasteiger partial charge in [-0.2, -0.15) is 0 Å². The molecular weight excluding hydrogens is 346 g/mol. The number of thiazole rings is 1. The lowest BCUT2D eigenvalue weighted by Crippen LogP contribution is -2.53. The Morgan fingerprint density at radius 2 is 1.92 bits per heavy atom. The van der Waals surface area contributed by atoms with Crippen LogP contribution in [0.25, 0.3) is 0 Å². The molecule has 0 saturated carbocycles. The maximum absolute atomic E-state index is 13.5. The highest BCUT2D eigenvalue weighted by atomic mass is 32.1. The summed E-state index contributed by atoms with van der Waals surface area (Å²) in [7, 11) is 1.78. The smallest absolute Gasteiger partial charge is 0.245 e. The van der Waals surface area contributed by atoms with Gasteiger partial charge in [0.2, 0.25) is 11.8 Å². The van der Waals surface area contributed by atoms with Gasteiger partial charge in [-0.05, 0) is 31.4 Å². The zero-order chi connectivity index (χ0) is 18.7. The first kappa shape index (κ1) is 18.3. The Hall–Kier alpha value is -2.47. The number of likely N-dealkylation sites (N-methyl/N-ethyl adjacent to an activating group) is 1. The summed E-state index contributed by atoms with van der Waals surface area (Å²) in [5.41, 5.74) is 0.351. The second-order valence-electron chi connectivity index (χ2n) is 6.60. The van der Waals surface area contributed by atoms with Crippen LogP contribution in [0.5, 0.6) is 0 Å². The lowest BCUT2D eigenvalue weighted by atomic mass is 9.71. The quantitative estimate of drug-likeness (QED) is 0.778. The molecule has 1 aromatic carbocycles. The van der Waals surface area contributed by atoms with Crippen molar-refractivity contribution in [1.82, 2.24) is 9.88 Å². The third-order valence-electron chi connectivity index (χ3n) is 5.04. The molecule has 1 aliphatic rings. The van der Waals surface area contributed by atoms with E-state index in [1.807, 2.05) is 37.3 Å². The minimum absolute atomic E-state index is 0.0313. The van der Waals surface area contributed by atoms with Gasteiger partial charge in [-0.25, -0.2) is 4.98 Å². The van der Waals surface area contributed by atoms with Crippen LogP contribution in [0.1, 0.15) is 23.3 Å². The molecule has 1 saturated heterocycles. The van der Waals surface area contributed by atoms with Crippen LogP contribution in [-0.2, 0) is 15.0 Å². The normalized spacial score (nSPS) is 16.2. The Balaban J connectivity index is 1.93. The Morgan fingerprint density at radius 3 is 2.46 bits per heavy atom. The molecule has 0 aliphatic carbocycles. The van der Waals surface area contributed by atoms with Crippen LogP contribution in [-0.4, -0.2) is 41.8 Å². The van der Waals surface area contributed by atoms with Gasteiger partial charge < -0.3 is 4.90 Å². The number of aryl methyl sites for hydroxylation is 1. The maximum Gasteiger partial charge on any atom is 0.245 e. The summed E-state index contributed by atoms with van der Waals surface area (Å²) in [5, 5.41) is 0.701. The van der Waals surface area contributed by atoms with Crippen molar-refractivity contribution in [3.8, 4) is 0 Å². The van der Waals surface area contributed by atoms with Gasteiger partial charge >= 0.3 is 0 Å². The summed E-state index contributed by atoms with van der Waals surface area (Å²) in [5.74, 6) is -0.0493. The highest BCUT2D eigenvalue weighted by Gasteiger charge is 2.45. The fourth-order valence-corrected chi connectivity index (χ4v) is 4.25. The van der Waals surface area contributed by atoms with Crippen molar-refractivity contribution in [2.75, 3.05) is 25.0 Å². The molecule has 0 atom stereocenters. The first-order valence-electron chi connectivity index (χ1n) is 8.65. The van der Waals surface area contributed by atoms with Crippen LogP contribution in [0.15, 0.2) is 49.2 Å². The molecule has 1 aromatic heterocycles. The zero-order valence-corrected chi connectivity index (χ0v) is 16.0. The largest absolute Gasteiger partial charge is 0.339 e. The lowest BCUT2D eigenvalue weighted by Gasteiger charge is -2.42. The molecule has 0 N–H and O–H groups in total. The summed E-state index contributed by atoms with van der Waals surface area (Å²) in [6.07, 6.45) is 4.29. The number of nitrogens with zero attached hydrogens (tertiary/aromatic N) is 3. The Kier molecular flexibility index (Phi) is 5.23. The zero-order valence-electron chi connectivity index (χ0n) is 15.1. The third-order valence-corrected chi connectivity index (χ3v) is 6.03. The van der Waals surface area contributed by atoms with E-state index in [4.69, 9.17) is 0 Å². The number of hydrogen-bond acceptors (Lipinski definition) is 4. The average molecular weight is 369 g/mol. The van der Waals surface area contributed by atoms with E-state index in [9.17, 15) is 9.59 Å². The topological polar surface area (TPSA) is 53.5 Å². The van der Waals surface area contributed by atoms with E-state index in [-0.39, 0.29) is 11.8 Å². The molecule has 0 radical (unpaired) electrons. The molecule has 2 amide bonds. The molecule has 1 aliphatic heterocycles. The van der Waals surface area contributed by atoms with Crippen molar-refractivity contribution >= 4 is 28.3 Å². The highest BCUT2D eigenvalue weighted by Crippen LogP contribution is 2.38. The van der Waals surface area contributed by atoms with E-state index in [2.05, 4.69) is 11.6 Å². The number of amides is 2. The number of rotatable bonds is 4. The standard InChI is InChI=1S/C20H23N3O2S/c1-4-17(24)23-12-10-20(11-13-23,16-8-6-5-7-9-16)18(25)22(3)19-21-14-15(2)26-19/h4-9,14H,1,10-13H2,2-3H3. The van der Waals surface area contributed by atoms with E-state index in [1.54, 1.807) is 23.0 Å². The van der Waals surface area contributed by atoms with E-state index >= 15 is 0 Å². The van der Waals surface area contributed by atoms with Gasteiger partial charge in [0.05, 0.1) is 5.41 Å². The third kappa shape index (κ3) is 3.29. The summed E-state index contributed by atoms with van der Waals surface area (Å²) < 4.78 is 0. The number of piperidine rings is 1. The van der Waals surface area contributed by atoms with Crippen molar-refractivity contribution in [1.29, 1.82) is 0 Å². The molecule has 26 heavy (non-hydrogen) atoms. The average Bonchev–Trinajstić information content (AvgIpc) is 3.13. The first-order valence-corrected chi connectivity index (χ1v) is 9.47. The minimum Gasteiger partial charge on any atom is -0.339 e. The predicted molar refractivity (Wildman–Crippen MR) is 104 cm³/mol. The van der Waals surface area contributed by atoms with Gasteiger partial charge in [0.25, 0.3) is 0 Å². The fourth-order valence-electron chi connectivity index (χ4n) is 3.53. The molecule has 2 heterocycles. The lowest BCUT2D eigenvalue weighted by molar-refractivity contribution is -0.132. The van der Waals surface area contributed by atoms with Crippen LogP contribution < -0.4 is 4.90 Å². The second-order valence-corrected chi connectivity index (χ2v) is 7.81. The number of carbonyl (C=O) groups excluding carboxylic acids is 2. The number of anilines is 1. The van der Waals surface area contributed by atoms with Crippen molar-refractivity contribution in [3.63, 3.8) is 0 Å². The molecule has 0 unspecified atom stereocenters. The first-order chi connectivity index (χ1) is 12.5. The molecule has 5 nitrogen and oxygen atoms in total. The van der Waals surface area contributed by atoms with Crippen molar-refractivity contribution in [2.45, 2.75) is 25.2 Å². The van der Waals surface area contributed by atoms with E-state index < -0.39 is 5.41 Å². The van der Waals surface area contributed by atoms with Crippen molar-refractivity contribution in [2.24, 2.45) is 0 Å². The molecule has 2 aromatic rings. The molecular formula is C20H23N3O2S. The maximum atomic E-state index is 13.5. The van der Waals surface area contributed by atoms with E-state index in [1.165, 1.54) is 17.4 Å². The number of aromatic nitrogens is 1. The summed E-state index contributed by atoms with van der Waals surface area (Å²) >= 11 is 1.51. The van der Waals surface area contributed by atoms with Crippen molar-refractivity contribution < 1.29 is 9.59 Å². The van der Waals surface area contributed by atoms with Crippen LogP contribution >= 0.6 is 11.3 Å². The van der Waals surface area contributed by atoms with Gasteiger partial charge in [0.1, 0.15) is 0 Å². The summed E-state index contributed by atoms with van der Waals surface area (Å²) in [6.45, 7) is 6.62. The second kappa shape index (κ2) is 7.41. The van der Waals surface area contributed by atoms with Crippen LogP contribution in [0.2, 0.25) is 0 Å². The van der Waals surface area contributed by atoms with Crippen LogP contribution in [0.3, 0.4) is 0 Å². The molecule has 3 rings (SSSR count). The molecule has 0 bridgehead atoms. The van der Waals surface area contributed by atoms with Gasteiger partial charge in [-0.1, -0.05) is 36.9 Å². The minimum atomic E-state index is -0.645. The Labute approximate surface area is 158 Å². The van der Waals surface area contributed by atoms with Crippen LogP contribution in [0.4, 0.5) is 5.13 Å². The number of carbonyl (C=O) groups is 2. The Morgan fingerprint density at radius 1 is 1.27 bits per heavy atom. The predicted octanol–water partition coefficient (Wildman–Crippen LogP) is 3.16. The van der Waals surface area contributed by atoms with Gasteiger partial charge in [-0.15, -0.1) is 11.3 Å². The van der Waals surface area contributed by atoms with Crippen LogP contribution in [0, 0.1) is 6.92 Å². The summed E-state index contributed by atoms with van der Waals surface area (Å²) in [6, 6.07) is 9.87. The van der Waals surface area contributed by atoms with Gasteiger partial charge in [0.15, 0.2) is 5.13 Å². The van der Waals surface area contributed by atoms with Crippen molar-refractivity contribution in [3.05, 3.63) is 59.6 Å². The molecule has 1 fully saturated rings. The van der Waals surface area contributed by atoms with E-state index in [0.29, 0.717) is 31.1 Å². The van der Waals surface area contributed by atoms with E-state index in [0.717, 1.165) is 10.4 Å². The highest BCUT2D eigenvalue weighted by molar-refractivity contribution is 7.15. The SMILES string of the molecule is C=CC(=O)N1CCC(C(=O)N(C)c2ncc(C)s2)(c2ccccc2)CC1. The fraction of sp³-hybridized carbons (Fsp3) is 0.350. The molecule has 136 valence electrons. The number of benzene rings is 1. The van der Waals surface area contributed by atoms with Gasteiger partial charge in [-0.3, -0.25) is 14.5 Å². The monoisotopic (exact) mass is 369 g/mol. The Bertz CT molecular complexity index is 807. The molecule has 0 spiro atoms.